The molecular formula is C15H12FNO4. The predicted octanol–water partition coefficient (Wildman–Crippen LogP) is 2.41. The summed E-state index contributed by atoms with van der Waals surface area (Å²) in [6.45, 7) is 0. The van der Waals surface area contributed by atoms with Crippen LogP contribution in [0.1, 0.15) is 15.9 Å². The highest BCUT2D eigenvalue weighted by Gasteiger charge is 2.11. The Balaban J connectivity index is 2.04. The summed E-state index contributed by atoms with van der Waals surface area (Å²) < 4.78 is 13.5. The van der Waals surface area contributed by atoms with Gasteiger partial charge in [0.05, 0.1) is 12.0 Å². The van der Waals surface area contributed by atoms with Gasteiger partial charge in [0.1, 0.15) is 11.6 Å². The number of hydrogen-bond donors (Lipinski definition) is 3. The van der Waals surface area contributed by atoms with Crippen molar-refractivity contribution < 1.29 is 24.2 Å². The van der Waals surface area contributed by atoms with E-state index in [9.17, 15) is 14.0 Å². The Morgan fingerprint density at radius 2 is 1.76 bits per heavy atom. The Morgan fingerprint density at radius 3 is 2.33 bits per heavy atom. The first kappa shape index (κ1) is 14.5. The highest BCUT2D eigenvalue weighted by Crippen LogP contribution is 2.15. The van der Waals surface area contributed by atoms with Gasteiger partial charge in [-0.05, 0) is 35.9 Å². The topological polar surface area (TPSA) is 86.6 Å². The quantitative estimate of drug-likeness (QED) is 0.806. The largest absolute Gasteiger partial charge is 0.508 e. The third-order valence-corrected chi connectivity index (χ3v) is 2.78. The molecule has 0 aromatic heterocycles. The highest BCUT2D eigenvalue weighted by atomic mass is 19.1. The van der Waals surface area contributed by atoms with Crippen LogP contribution >= 0.6 is 0 Å². The Morgan fingerprint density at radius 1 is 1.10 bits per heavy atom. The lowest BCUT2D eigenvalue weighted by Crippen LogP contribution is -2.14. The van der Waals surface area contributed by atoms with Gasteiger partial charge in [0.15, 0.2) is 0 Å². The van der Waals surface area contributed by atoms with Crippen molar-refractivity contribution in [3.63, 3.8) is 0 Å². The van der Waals surface area contributed by atoms with Crippen LogP contribution in [0.15, 0.2) is 42.5 Å². The van der Waals surface area contributed by atoms with Gasteiger partial charge in [0.2, 0.25) is 5.91 Å². The van der Waals surface area contributed by atoms with Crippen LogP contribution in [-0.2, 0) is 11.2 Å². The average molecular weight is 289 g/mol. The number of aromatic carboxylic acids is 1. The number of phenolic OH excluding ortho intramolecular Hbond substituents is 1. The number of anilines is 1. The van der Waals surface area contributed by atoms with Crippen LogP contribution in [0.4, 0.5) is 10.1 Å². The molecule has 0 heterocycles. The minimum atomic E-state index is -1.37. The molecule has 2 aromatic carbocycles. The first-order chi connectivity index (χ1) is 9.95. The molecule has 0 aliphatic carbocycles. The number of nitrogens with one attached hydrogen (secondary N) is 1. The van der Waals surface area contributed by atoms with Gasteiger partial charge in [-0.15, -0.1) is 0 Å². The SMILES string of the molecule is O=C(Cc1ccc(O)cc1)Nc1ccc(C(=O)O)c(F)c1. The van der Waals surface area contributed by atoms with Crippen LogP contribution in [0.2, 0.25) is 0 Å². The minimum Gasteiger partial charge on any atom is -0.508 e. The summed E-state index contributed by atoms with van der Waals surface area (Å²) in [6, 6.07) is 9.49. The van der Waals surface area contributed by atoms with E-state index in [0.717, 1.165) is 12.1 Å². The van der Waals surface area contributed by atoms with Crippen molar-refractivity contribution in [3.8, 4) is 5.75 Å². The molecule has 0 bridgehead atoms. The maximum absolute atomic E-state index is 13.5. The second-order valence-electron chi connectivity index (χ2n) is 4.39. The third-order valence-electron chi connectivity index (χ3n) is 2.78. The fourth-order valence-electron chi connectivity index (χ4n) is 1.77. The van der Waals surface area contributed by atoms with E-state index in [-0.39, 0.29) is 23.8 Å². The maximum Gasteiger partial charge on any atom is 0.338 e. The van der Waals surface area contributed by atoms with E-state index < -0.39 is 17.3 Å². The first-order valence-corrected chi connectivity index (χ1v) is 6.06. The fourth-order valence-corrected chi connectivity index (χ4v) is 1.77. The number of carbonyl (C=O) groups is 2. The number of amides is 1. The smallest absolute Gasteiger partial charge is 0.338 e. The van der Waals surface area contributed by atoms with Crippen LogP contribution in [-0.4, -0.2) is 22.1 Å². The summed E-state index contributed by atoms with van der Waals surface area (Å²) in [4.78, 5) is 22.5. The molecule has 5 nitrogen and oxygen atoms in total. The third kappa shape index (κ3) is 3.79. The Hall–Kier alpha value is -2.89. The van der Waals surface area contributed by atoms with Crippen molar-refractivity contribution in [1.29, 1.82) is 0 Å². The normalized spacial score (nSPS) is 10.1. The molecule has 1 amide bonds. The lowest BCUT2D eigenvalue weighted by Gasteiger charge is -2.06. The number of phenols is 1. The molecule has 21 heavy (non-hydrogen) atoms. The summed E-state index contributed by atoms with van der Waals surface area (Å²) in [7, 11) is 0. The van der Waals surface area contributed by atoms with Crippen molar-refractivity contribution in [1.82, 2.24) is 0 Å². The van der Waals surface area contributed by atoms with Gasteiger partial charge >= 0.3 is 5.97 Å². The molecule has 0 aliphatic heterocycles. The highest BCUT2D eigenvalue weighted by molar-refractivity contribution is 5.93. The number of aromatic hydroxyl groups is 1. The zero-order valence-corrected chi connectivity index (χ0v) is 10.8. The van der Waals surface area contributed by atoms with Crippen molar-refractivity contribution in [2.75, 3.05) is 5.32 Å². The Bertz CT molecular complexity index is 683. The number of carboxylic acids is 1. The number of benzene rings is 2. The second-order valence-corrected chi connectivity index (χ2v) is 4.39. The van der Waals surface area contributed by atoms with E-state index in [1.165, 1.54) is 18.2 Å². The molecule has 2 rings (SSSR count). The first-order valence-electron chi connectivity index (χ1n) is 6.06. The molecule has 0 saturated heterocycles. The van der Waals surface area contributed by atoms with Gasteiger partial charge in [-0.2, -0.15) is 0 Å². The van der Waals surface area contributed by atoms with Gasteiger partial charge in [0, 0.05) is 5.69 Å². The standard InChI is InChI=1S/C15H12FNO4/c16-13-8-10(3-6-12(13)15(20)21)17-14(19)7-9-1-4-11(18)5-2-9/h1-6,8,18H,7H2,(H,17,19)(H,20,21). The van der Waals surface area contributed by atoms with Crippen molar-refractivity contribution in [2.45, 2.75) is 6.42 Å². The summed E-state index contributed by atoms with van der Waals surface area (Å²) >= 11 is 0. The molecule has 0 atom stereocenters. The van der Waals surface area contributed by atoms with E-state index in [1.54, 1.807) is 12.1 Å². The Kier molecular flexibility index (Phi) is 4.18. The molecule has 0 unspecified atom stereocenters. The molecule has 0 radical (unpaired) electrons. The molecule has 0 fully saturated rings. The van der Waals surface area contributed by atoms with E-state index in [4.69, 9.17) is 10.2 Å². The number of halogens is 1. The summed E-state index contributed by atoms with van der Waals surface area (Å²) in [6.07, 6.45) is 0.0581. The monoisotopic (exact) mass is 289 g/mol. The predicted molar refractivity (Wildman–Crippen MR) is 73.8 cm³/mol. The molecule has 0 aliphatic rings. The van der Waals surface area contributed by atoms with Gasteiger partial charge in [-0.1, -0.05) is 12.1 Å². The lowest BCUT2D eigenvalue weighted by molar-refractivity contribution is -0.115. The summed E-state index contributed by atoms with van der Waals surface area (Å²) in [5.41, 5.74) is 0.417. The molecule has 0 saturated carbocycles. The molecule has 6 heteroatoms. The van der Waals surface area contributed by atoms with Gasteiger partial charge in [0.25, 0.3) is 0 Å². The second kappa shape index (κ2) is 6.04. The summed E-state index contributed by atoms with van der Waals surface area (Å²) in [5.74, 6) is -2.55. The van der Waals surface area contributed by atoms with Crippen LogP contribution < -0.4 is 5.32 Å². The van der Waals surface area contributed by atoms with Crippen LogP contribution in [0.25, 0.3) is 0 Å². The zero-order valence-electron chi connectivity index (χ0n) is 10.8. The van der Waals surface area contributed by atoms with Crippen molar-refractivity contribution >= 4 is 17.6 Å². The Labute approximate surface area is 119 Å². The van der Waals surface area contributed by atoms with Crippen molar-refractivity contribution in [3.05, 3.63) is 59.4 Å². The van der Waals surface area contributed by atoms with E-state index in [0.29, 0.717) is 5.56 Å². The van der Waals surface area contributed by atoms with Gasteiger partial charge in [-0.3, -0.25) is 4.79 Å². The molecule has 3 N–H and O–H groups in total. The number of carbonyl (C=O) groups excluding carboxylic acids is 1. The van der Waals surface area contributed by atoms with Crippen LogP contribution in [0.3, 0.4) is 0 Å². The van der Waals surface area contributed by atoms with Gasteiger partial charge in [-0.25, -0.2) is 9.18 Å². The van der Waals surface area contributed by atoms with Crippen LogP contribution in [0.5, 0.6) is 5.75 Å². The molecule has 2 aromatic rings. The number of hydrogen-bond acceptors (Lipinski definition) is 3. The van der Waals surface area contributed by atoms with Gasteiger partial charge < -0.3 is 15.5 Å². The van der Waals surface area contributed by atoms with Crippen LogP contribution in [0, 0.1) is 5.82 Å². The zero-order chi connectivity index (χ0) is 15.4. The molecular weight excluding hydrogens is 277 g/mol. The average Bonchev–Trinajstić information content (AvgIpc) is 2.41. The molecule has 108 valence electrons. The van der Waals surface area contributed by atoms with E-state index in [2.05, 4.69) is 5.32 Å². The van der Waals surface area contributed by atoms with Crippen molar-refractivity contribution in [2.24, 2.45) is 0 Å². The van der Waals surface area contributed by atoms with E-state index >= 15 is 0 Å². The number of rotatable bonds is 4. The lowest BCUT2D eigenvalue weighted by atomic mass is 10.1. The molecule has 0 spiro atoms. The number of carboxylic acid groups (broad SMARTS) is 1. The maximum atomic E-state index is 13.5. The van der Waals surface area contributed by atoms with E-state index in [1.807, 2.05) is 0 Å². The minimum absolute atomic E-state index is 0.0581. The fraction of sp³-hybridized carbons (Fsp3) is 0.0667. The summed E-state index contributed by atoms with van der Waals surface area (Å²) in [5, 5.41) is 20.3.